The van der Waals surface area contributed by atoms with Gasteiger partial charge in [-0.25, -0.2) is 8.78 Å². The van der Waals surface area contributed by atoms with Crippen LogP contribution in [0.3, 0.4) is 0 Å². The highest BCUT2D eigenvalue weighted by Crippen LogP contribution is 2.23. The normalized spacial score (nSPS) is 10.7. The van der Waals surface area contributed by atoms with E-state index in [1.165, 1.54) is 10.6 Å². The first-order valence-corrected chi connectivity index (χ1v) is 6.90. The van der Waals surface area contributed by atoms with E-state index in [4.69, 9.17) is 10.5 Å². The molecular formula is C14H13BrF2N2O2. The van der Waals surface area contributed by atoms with E-state index < -0.39 is 11.6 Å². The molecule has 7 heteroatoms. The number of benzene rings is 1. The SMILES string of the molecule is Cc1cc(OCc2ccc(F)cc2F)c(Br)c(=O)n1CN. The average molecular weight is 359 g/mol. The Morgan fingerprint density at radius 3 is 2.67 bits per heavy atom. The lowest BCUT2D eigenvalue weighted by Crippen LogP contribution is -2.27. The number of hydrogen-bond acceptors (Lipinski definition) is 3. The molecule has 0 bridgehead atoms. The fraction of sp³-hybridized carbons (Fsp3) is 0.214. The summed E-state index contributed by atoms with van der Waals surface area (Å²) in [5.74, 6) is -1.07. The van der Waals surface area contributed by atoms with Crippen LogP contribution in [0.4, 0.5) is 8.78 Å². The van der Waals surface area contributed by atoms with Gasteiger partial charge in [0.05, 0.1) is 6.67 Å². The Morgan fingerprint density at radius 1 is 1.33 bits per heavy atom. The van der Waals surface area contributed by atoms with E-state index in [0.717, 1.165) is 12.1 Å². The number of hydrogen-bond donors (Lipinski definition) is 1. The lowest BCUT2D eigenvalue weighted by molar-refractivity contribution is 0.295. The molecule has 4 nitrogen and oxygen atoms in total. The third kappa shape index (κ3) is 3.30. The van der Waals surface area contributed by atoms with E-state index in [0.29, 0.717) is 5.69 Å². The number of aryl methyl sites for hydroxylation is 1. The summed E-state index contributed by atoms with van der Waals surface area (Å²) in [6, 6.07) is 4.85. The van der Waals surface area contributed by atoms with Crippen LogP contribution < -0.4 is 16.0 Å². The van der Waals surface area contributed by atoms with Crippen molar-refractivity contribution in [1.82, 2.24) is 4.57 Å². The van der Waals surface area contributed by atoms with E-state index in [1.54, 1.807) is 13.0 Å². The van der Waals surface area contributed by atoms with Crippen LogP contribution in [-0.2, 0) is 13.3 Å². The molecule has 0 saturated carbocycles. The van der Waals surface area contributed by atoms with Crippen molar-refractivity contribution < 1.29 is 13.5 Å². The van der Waals surface area contributed by atoms with Crippen LogP contribution in [0.1, 0.15) is 11.3 Å². The quantitative estimate of drug-likeness (QED) is 0.913. The number of nitrogens with zero attached hydrogens (tertiary/aromatic N) is 1. The molecule has 0 saturated heterocycles. The van der Waals surface area contributed by atoms with Crippen LogP contribution in [0.5, 0.6) is 5.75 Å². The molecule has 1 aromatic heterocycles. The highest BCUT2D eigenvalue weighted by Gasteiger charge is 2.12. The van der Waals surface area contributed by atoms with Crippen LogP contribution in [-0.4, -0.2) is 4.57 Å². The Balaban J connectivity index is 2.26. The van der Waals surface area contributed by atoms with Gasteiger partial charge in [-0.05, 0) is 35.0 Å². The molecule has 0 spiro atoms. The Hall–Kier alpha value is -1.73. The van der Waals surface area contributed by atoms with Crippen molar-refractivity contribution in [1.29, 1.82) is 0 Å². The van der Waals surface area contributed by atoms with E-state index in [2.05, 4.69) is 15.9 Å². The molecule has 112 valence electrons. The molecule has 1 aromatic carbocycles. The zero-order chi connectivity index (χ0) is 15.6. The smallest absolute Gasteiger partial charge is 0.269 e. The van der Waals surface area contributed by atoms with Gasteiger partial charge in [-0.15, -0.1) is 0 Å². The first-order chi connectivity index (χ1) is 9.93. The number of aromatic nitrogens is 1. The predicted octanol–water partition coefficient (Wildman–Crippen LogP) is 2.69. The van der Waals surface area contributed by atoms with Gasteiger partial charge in [0.1, 0.15) is 28.5 Å². The van der Waals surface area contributed by atoms with Crippen LogP contribution in [0.15, 0.2) is 33.5 Å². The van der Waals surface area contributed by atoms with Gasteiger partial charge in [-0.2, -0.15) is 0 Å². The number of ether oxygens (including phenoxy) is 1. The zero-order valence-corrected chi connectivity index (χ0v) is 12.8. The van der Waals surface area contributed by atoms with Gasteiger partial charge in [0.15, 0.2) is 0 Å². The maximum Gasteiger partial charge on any atom is 0.269 e. The summed E-state index contributed by atoms with van der Waals surface area (Å²) < 4.78 is 33.4. The lowest BCUT2D eigenvalue weighted by Gasteiger charge is -2.13. The summed E-state index contributed by atoms with van der Waals surface area (Å²) in [6.45, 7) is 1.65. The third-order valence-electron chi connectivity index (χ3n) is 3.00. The summed E-state index contributed by atoms with van der Waals surface area (Å²) >= 11 is 3.14. The van der Waals surface area contributed by atoms with Gasteiger partial charge in [0.2, 0.25) is 0 Å². The molecule has 21 heavy (non-hydrogen) atoms. The minimum atomic E-state index is -0.696. The van der Waals surface area contributed by atoms with Crippen LogP contribution in [0.25, 0.3) is 0 Å². The van der Waals surface area contributed by atoms with Crippen molar-refractivity contribution in [2.24, 2.45) is 5.73 Å². The van der Waals surface area contributed by atoms with Crippen molar-refractivity contribution in [2.75, 3.05) is 0 Å². The molecular weight excluding hydrogens is 346 g/mol. The molecule has 2 N–H and O–H groups in total. The zero-order valence-electron chi connectivity index (χ0n) is 11.2. The number of pyridine rings is 1. The standard InChI is InChI=1S/C14H13BrF2N2O2/c1-8-4-12(13(15)14(20)19(8)7-18)21-6-9-2-3-10(16)5-11(9)17/h2-5H,6-7,18H2,1H3. The second-order valence-corrected chi connectivity index (χ2v) is 5.20. The highest BCUT2D eigenvalue weighted by molar-refractivity contribution is 9.10. The van der Waals surface area contributed by atoms with Crippen molar-refractivity contribution in [2.45, 2.75) is 20.2 Å². The largest absolute Gasteiger partial charge is 0.487 e. The second kappa shape index (κ2) is 6.36. The van der Waals surface area contributed by atoms with Crippen molar-refractivity contribution >= 4 is 15.9 Å². The van der Waals surface area contributed by atoms with Gasteiger partial charge < -0.3 is 10.5 Å². The fourth-order valence-electron chi connectivity index (χ4n) is 1.84. The number of nitrogens with two attached hydrogens (primary N) is 1. The Kier molecular flexibility index (Phi) is 4.74. The number of rotatable bonds is 4. The summed E-state index contributed by atoms with van der Waals surface area (Å²) in [7, 11) is 0. The highest BCUT2D eigenvalue weighted by atomic mass is 79.9. The molecule has 0 aliphatic rings. The summed E-state index contributed by atoms with van der Waals surface area (Å²) in [5.41, 5.74) is 5.98. The molecule has 0 amide bonds. The van der Waals surface area contributed by atoms with Crippen LogP contribution in [0, 0.1) is 18.6 Å². The van der Waals surface area contributed by atoms with Gasteiger partial charge in [0.25, 0.3) is 5.56 Å². The molecule has 0 atom stereocenters. The van der Waals surface area contributed by atoms with E-state index in [9.17, 15) is 13.6 Å². The molecule has 0 fully saturated rings. The molecule has 0 aliphatic carbocycles. The van der Waals surface area contributed by atoms with Crippen molar-refractivity contribution in [3.63, 3.8) is 0 Å². The minimum Gasteiger partial charge on any atom is -0.487 e. The van der Waals surface area contributed by atoms with Crippen LogP contribution in [0.2, 0.25) is 0 Å². The van der Waals surface area contributed by atoms with Gasteiger partial charge in [-0.1, -0.05) is 0 Å². The topological polar surface area (TPSA) is 57.2 Å². The first-order valence-electron chi connectivity index (χ1n) is 6.10. The molecule has 0 radical (unpaired) electrons. The first kappa shape index (κ1) is 15.7. The number of halogens is 3. The van der Waals surface area contributed by atoms with Crippen LogP contribution >= 0.6 is 15.9 Å². The van der Waals surface area contributed by atoms with Crippen molar-refractivity contribution in [3.8, 4) is 5.75 Å². The summed E-state index contributed by atoms with van der Waals surface area (Å²) in [5, 5.41) is 0. The lowest BCUT2D eigenvalue weighted by atomic mass is 10.2. The van der Waals surface area contributed by atoms with E-state index in [1.807, 2.05) is 0 Å². The Bertz CT molecular complexity index is 732. The summed E-state index contributed by atoms with van der Waals surface area (Å²) in [4.78, 5) is 12.0. The second-order valence-electron chi connectivity index (χ2n) is 4.40. The molecule has 1 heterocycles. The predicted molar refractivity (Wildman–Crippen MR) is 78.0 cm³/mol. The minimum absolute atomic E-state index is 0.0517. The van der Waals surface area contributed by atoms with Gasteiger partial charge in [0, 0.05) is 23.4 Å². The van der Waals surface area contributed by atoms with E-state index >= 15 is 0 Å². The third-order valence-corrected chi connectivity index (χ3v) is 3.73. The molecule has 0 unspecified atom stereocenters. The molecule has 2 aromatic rings. The Morgan fingerprint density at radius 2 is 2.05 bits per heavy atom. The Labute approximate surface area is 128 Å². The monoisotopic (exact) mass is 358 g/mol. The van der Waals surface area contributed by atoms with Crippen molar-refractivity contribution in [3.05, 3.63) is 62.0 Å². The fourth-order valence-corrected chi connectivity index (χ4v) is 2.28. The maximum absolute atomic E-state index is 13.5. The summed E-state index contributed by atoms with van der Waals surface area (Å²) in [6.07, 6.45) is 0. The van der Waals surface area contributed by atoms with E-state index in [-0.39, 0.29) is 34.6 Å². The van der Waals surface area contributed by atoms with Gasteiger partial charge in [-0.3, -0.25) is 9.36 Å². The molecule has 0 aliphatic heterocycles. The molecule has 2 rings (SSSR count). The maximum atomic E-state index is 13.5. The average Bonchev–Trinajstić information content (AvgIpc) is 2.43. The van der Waals surface area contributed by atoms with Gasteiger partial charge >= 0.3 is 0 Å².